The molecule has 0 aliphatic rings. The second-order valence-corrected chi connectivity index (χ2v) is 6.09. The molecular weight excluding hydrogens is 322 g/mol. The molecule has 3 heteroatoms. The molecule has 0 aliphatic heterocycles. The lowest BCUT2D eigenvalue weighted by molar-refractivity contribution is -0.169. The summed E-state index contributed by atoms with van der Waals surface area (Å²) in [7, 11) is 0. The van der Waals surface area contributed by atoms with Gasteiger partial charge in [0.1, 0.15) is 0 Å². The Bertz CT molecular complexity index is 871. The van der Waals surface area contributed by atoms with Gasteiger partial charge in [0, 0.05) is 6.08 Å². The fraction of sp³-hybridized carbons (Fsp3) is 0.0870. The lowest BCUT2D eigenvalue weighted by Gasteiger charge is -2.21. The zero-order valence-electron chi connectivity index (χ0n) is 14.6. The standard InChI is InChI=1S/C23H21NO2/c1-18(20-8-4-2-5-9-20)24(26)23(25)17-14-19-12-15-22(16-13-19)21-10-6-3-7-11-21/h2-18,26H,1H3. The minimum Gasteiger partial charge on any atom is -0.285 e. The SMILES string of the molecule is CC(c1ccccc1)N(O)C(=O)C=Cc1ccc(-c2ccccc2)cc1. The van der Waals surface area contributed by atoms with Crippen LogP contribution in [0.1, 0.15) is 24.1 Å². The Labute approximate surface area is 153 Å². The van der Waals surface area contributed by atoms with Crippen molar-refractivity contribution in [3.63, 3.8) is 0 Å². The lowest BCUT2D eigenvalue weighted by Crippen LogP contribution is -2.28. The Morgan fingerprint density at radius 1 is 0.846 bits per heavy atom. The molecule has 130 valence electrons. The quantitative estimate of drug-likeness (QED) is 0.385. The van der Waals surface area contributed by atoms with Gasteiger partial charge < -0.3 is 0 Å². The van der Waals surface area contributed by atoms with Gasteiger partial charge in [0.2, 0.25) is 0 Å². The average molecular weight is 343 g/mol. The maximum Gasteiger partial charge on any atom is 0.270 e. The van der Waals surface area contributed by atoms with E-state index in [1.807, 2.05) is 72.8 Å². The number of amides is 1. The van der Waals surface area contributed by atoms with Crippen molar-refractivity contribution in [2.24, 2.45) is 0 Å². The van der Waals surface area contributed by atoms with E-state index in [9.17, 15) is 10.0 Å². The maximum atomic E-state index is 12.2. The molecule has 0 aliphatic carbocycles. The first-order chi connectivity index (χ1) is 12.6. The van der Waals surface area contributed by atoms with Crippen LogP contribution in [0.5, 0.6) is 0 Å². The van der Waals surface area contributed by atoms with Crippen molar-refractivity contribution < 1.29 is 10.0 Å². The molecule has 0 bridgehead atoms. The Morgan fingerprint density at radius 3 is 2.00 bits per heavy atom. The summed E-state index contributed by atoms with van der Waals surface area (Å²) in [5.74, 6) is -0.450. The van der Waals surface area contributed by atoms with Crippen LogP contribution in [0.2, 0.25) is 0 Å². The highest BCUT2D eigenvalue weighted by molar-refractivity contribution is 5.91. The summed E-state index contributed by atoms with van der Waals surface area (Å²) in [6.45, 7) is 1.79. The first-order valence-corrected chi connectivity index (χ1v) is 8.56. The van der Waals surface area contributed by atoms with Crippen molar-refractivity contribution >= 4 is 12.0 Å². The Hall–Kier alpha value is -3.17. The zero-order valence-corrected chi connectivity index (χ0v) is 14.6. The average Bonchev–Trinajstić information content (AvgIpc) is 2.72. The molecule has 3 aromatic rings. The van der Waals surface area contributed by atoms with E-state index in [1.165, 1.54) is 6.08 Å². The van der Waals surface area contributed by atoms with Crippen molar-refractivity contribution in [3.8, 4) is 11.1 Å². The van der Waals surface area contributed by atoms with Crippen molar-refractivity contribution in [3.05, 3.63) is 102 Å². The third kappa shape index (κ3) is 4.26. The summed E-state index contributed by atoms with van der Waals surface area (Å²) in [6, 6.07) is 27.1. The highest BCUT2D eigenvalue weighted by Gasteiger charge is 2.17. The maximum absolute atomic E-state index is 12.2. The van der Waals surface area contributed by atoms with Crippen LogP contribution in [0.4, 0.5) is 0 Å². The first kappa shape index (κ1) is 17.6. The third-order valence-corrected chi connectivity index (χ3v) is 4.31. The minimum absolute atomic E-state index is 0.409. The number of nitrogens with zero attached hydrogens (tertiary/aromatic N) is 1. The van der Waals surface area contributed by atoms with Gasteiger partial charge in [-0.3, -0.25) is 10.0 Å². The summed E-state index contributed by atoms with van der Waals surface area (Å²) >= 11 is 0. The fourth-order valence-electron chi connectivity index (χ4n) is 2.72. The Balaban J connectivity index is 1.66. The molecule has 1 N–H and O–H groups in total. The summed E-state index contributed by atoms with van der Waals surface area (Å²) in [4.78, 5) is 12.2. The number of hydrogen-bond donors (Lipinski definition) is 1. The lowest BCUT2D eigenvalue weighted by atomic mass is 10.0. The molecule has 26 heavy (non-hydrogen) atoms. The number of carbonyl (C=O) groups is 1. The second kappa shape index (κ2) is 8.28. The monoisotopic (exact) mass is 343 g/mol. The van der Waals surface area contributed by atoms with E-state index in [0.29, 0.717) is 0 Å². The fourth-order valence-corrected chi connectivity index (χ4v) is 2.72. The molecule has 1 atom stereocenters. The van der Waals surface area contributed by atoms with Crippen LogP contribution in [0, 0.1) is 0 Å². The molecule has 1 amide bonds. The molecule has 3 rings (SSSR count). The van der Waals surface area contributed by atoms with Crippen LogP contribution in [0.3, 0.4) is 0 Å². The van der Waals surface area contributed by atoms with E-state index in [2.05, 4.69) is 12.1 Å². The molecular formula is C23H21NO2. The van der Waals surface area contributed by atoms with E-state index in [0.717, 1.165) is 27.3 Å². The van der Waals surface area contributed by atoms with Crippen LogP contribution < -0.4 is 0 Å². The largest absolute Gasteiger partial charge is 0.285 e. The molecule has 3 nitrogen and oxygen atoms in total. The normalized spacial score (nSPS) is 12.1. The summed E-state index contributed by atoms with van der Waals surface area (Å²) in [6.07, 6.45) is 3.09. The summed E-state index contributed by atoms with van der Waals surface area (Å²) in [5.41, 5.74) is 4.05. The number of rotatable bonds is 5. The molecule has 0 aromatic heterocycles. The van der Waals surface area contributed by atoms with Crippen LogP contribution >= 0.6 is 0 Å². The predicted molar refractivity (Wildman–Crippen MR) is 104 cm³/mol. The van der Waals surface area contributed by atoms with E-state index < -0.39 is 11.9 Å². The smallest absolute Gasteiger partial charge is 0.270 e. The van der Waals surface area contributed by atoms with E-state index >= 15 is 0 Å². The van der Waals surface area contributed by atoms with Gasteiger partial charge in [-0.1, -0.05) is 84.9 Å². The highest BCUT2D eigenvalue weighted by atomic mass is 16.5. The van der Waals surface area contributed by atoms with Gasteiger partial charge in [0.25, 0.3) is 5.91 Å². The molecule has 3 aromatic carbocycles. The van der Waals surface area contributed by atoms with Gasteiger partial charge in [-0.05, 0) is 35.3 Å². The minimum atomic E-state index is -0.450. The molecule has 1 unspecified atom stereocenters. The van der Waals surface area contributed by atoms with Crippen LogP contribution in [0.25, 0.3) is 17.2 Å². The van der Waals surface area contributed by atoms with Gasteiger partial charge in [-0.25, -0.2) is 5.06 Å². The predicted octanol–water partition coefficient (Wildman–Crippen LogP) is 5.35. The van der Waals surface area contributed by atoms with Crippen molar-refractivity contribution in [1.82, 2.24) is 5.06 Å². The highest BCUT2D eigenvalue weighted by Crippen LogP contribution is 2.21. The first-order valence-electron chi connectivity index (χ1n) is 8.56. The molecule has 0 saturated heterocycles. The zero-order chi connectivity index (χ0) is 18.4. The van der Waals surface area contributed by atoms with Gasteiger partial charge in [0.05, 0.1) is 6.04 Å². The third-order valence-electron chi connectivity index (χ3n) is 4.31. The van der Waals surface area contributed by atoms with E-state index in [1.54, 1.807) is 13.0 Å². The molecule has 0 radical (unpaired) electrons. The number of benzene rings is 3. The summed E-state index contributed by atoms with van der Waals surface area (Å²) in [5, 5.41) is 10.9. The van der Waals surface area contributed by atoms with Gasteiger partial charge in [0.15, 0.2) is 0 Å². The second-order valence-electron chi connectivity index (χ2n) is 6.09. The van der Waals surface area contributed by atoms with E-state index in [4.69, 9.17) is 0 Å². The molecule has 0 fully saturated rings. The topological polar surface area (TPSA) is 40.5 Å². The van der Waals surface area contributed by atoms with Crippen molar-refractivity contribution in [2.45, 2.75) is 13.0 Å². The Kier molecular flexibility index (Phi) is 5.62. The van der Waals surface area contributed by atoms with Gasteiger partial charge >= 0.3 is 0 Å². The van der Waals surface area contributed by atoms with Gasteiger partial charge in [-0.15, -0.1) is 0 Å². The number of carbonyl (C=O) groups excluding carboxylic acids is 1. The molecule has 0 heterocycles. The molecule has 0 saturated carbocycles. The van der Waals surface area contributed by atoms with Crippen molar-refractivity contribution in [1.29, 1.82) is 0 Å². The van der Waals surface area contributed by atoms with Crippen LogP contribution in [-0.4, -0.2) is 16.2 Å². The van der Waals surface area contributed by atoms with Crippen LogP contribution in [-0.2, 0) is 4.79 Å². The van der Waals surface area contributed by atoms with Crippen LogP contribution in [0.15, 0.2) is 91.0 Å². The van der Waals surface area contributed by atoms with E-state index in [-0.39, 0.29) is 0 Å². The number of hydrogen-bond acceptors (Lipinski definition) is 2. The number of hydroxylamine groups is 2. The van der Waals surface area contributed by atoms with Gasteiger partial charge in [-0.2, -0.15) is 0 Å². The molecule has 0 spiro atoms. The Morgan fingerprint density at radius 2 is 1.38 bits per heavy atom. The summed E-state index contributed by atoms with van der Waals surface area (Å²) < 4.78 is 0. The van der Waals surface area contributed by atoms with Crippen molar-refractivity contribution in [2.75, 3.05) is 0 Å².